The fourth-order valence-corrected chi connectivity index (χ4v) is 3.34. The molecule has 21 heavy (non-hydrogen) atoms. The second-order valence-electron chi connectivity index (χ2n) is 6.94. The van der Waals surface area contributed by atoms with Crippen molar-refractivity contribution in [3.8, 4) is 0 Å². The zero-order valence-corrected chi connectivity index (χ0v) is 14.6. The maximum absolute atomic E-state index is 6.17. The van der Waals surface area contributed by atoms with Crippen molar-refractivity contribution < 1.29 is 4.74 Å². The van der Waals surface area contributed by atoms with Crippen molar-refractivity contribution in [1.82, 2.24) is 9.97 Å². The van der Waals surface area contributed by atoms with Gasteiger partial charge >= 0.3 is 0 Å². The standard InChI is InChI=1S/C17H27ClN2O/c1-6-21-17(9-7-16(4,5)8-10-17)15-19-11-14(12(2)18)13(3)20-15/h11-12H,6-10H2,1-5H3. The second kappa shape index (κ2) is 6.21. The molecule has 0 bridgehead atoms. The van der Waals surface area contributed by atoms with Gasteiger partial charge in [0.25, 0.3) is 0 Å². The molecule has 4 heteroatoms. The van der Waals surface area contributed by atoms with Crippen molar-refractivity contribution in [1.29, 1.82) is 0 Å². The Morgan fingerprint density at radius 1 is 1.29 bits per heavy atom. The van der Waals surface area contributed by atoms with Gasteiger partial charge in [-0.1, -0.05) is 13.8 Å². The molecule has 0 aliphatic heterocycles. The molecule has 0 spiro atoms. The first kappa shape index (κ1) is 16.7. The van der Waals surface area contributed by atoms with E-state index in [2.05, 4.69) is 18.8 Å². The predicted octanol–water partition coefficient (Wildman–Crippen LogP) is 4.92. The number of ether oxygens (including phenoxy) is 1. The summed E-state index contributed by atoms with van der Waals surface area (Å²) in [7, 11) is 0. The van der Waals surface area contributed by atoms with E-state index >= 15 is 0 Å². The summed E-state index contributed by atoms with van der Waals surface area (Å²) in [5, 5.41) is -0.0626. The number of halogens is 1. The van der Waals surface area contributed by atoms with E-state index in [4.69, 9.17) is 21.3 Å². The highest BCUT2D eigenvalue weighted by Crippen LogP contribution is 2.46. The molecule has 0 N–H and O–H groups in total. The van der Waals surface area contributed by atoms with Crippen LogP contribution in [0.2, 0.25) is 0 Å². The van der Waals surface area contributed by atoms with E-state index in [1.807, 2.05) is 27.0 Å². The van der Waals surface area contributed by atoms with Gasteiger partial charge < -0.3 is 4.74 Å². The zero-order valence-electron chi connectivity index (χ0n) is 13.9. The van der Waals surface area contributed by atoms with Crippen molar-refractivity contribution in [3.63, 3.8) is 0 Å². The van der Waals surface area contributed by atoms with Gasteiger partial charge in [0.05, 0.1) is 5.38 Å². The molecule has 0 amide bonds. The highest BCUT2D eigenvalue weighted by atomic mass is 35.5. The van der Waals surface area contributed by atoms with Crippen LogP contribution in [0.5, 0.6) is 0 Å². The largest absolute Gasteiger partial charge is 0.367 e. The third kappa shape index (κ3) is 3.57. The lowest BCUT2D eigenvalue weighted by Gasteiger charge is -2.42. The molecule has 0 saturated heterocycles. The highest BCUT2D eigenvalue weighted by Gasteiger charge is 2.42. The molecular weight excluding hydrogens is 284 g/mol. The fourth-order valence-electron chi connectivity index (χ4n) is 3.13. The molecule has 1 fully saturated rings. The summed E-state index contributed by atoms with van der Waals surface area (Å²) in [5.41, 5.74) is 2.04. The Morgan fingerprint density at radius 3 is 2.38 bits per heavy atom. The van der Waals surface area contributed by atoms with Crippen LogP contribution in [0.1, 0.15) is 75.8 Å². The monoisotopic (exact) mass is 310 g/mol. The first-order valence-electron chi connectivity index (χ1n) is 7.92. The van der Waals surface area contributed by atoms with Gasteiger partial charge in [0.1, 0.15) is 5.60 Å². The number of aromatic nitrogens is 2. The highest BCUT2D eigenvalue weighted by molar-refractivity contribution is 6.20. The first-order valence-corrected chi connectivity index (χ1v) is 8.35. The van der Waals surface area contributed by atoms with Crippen LogP contribution in [0.15, 0.2) is 6.20 Å². The van der Waals surface area contributed by atoms with Gasteiger partial charge in [0, 0.05) is 24.1 Å². The minimum atomic E-state index is -0.316. The predicted molar refractivity (Wildman–Crippen MR) is 86.6 cm³/mol. The lowest BCUT2D eigenvalue weighted by molar-refractivity contribution is -0.0949. The van der Waals surface area contributed by atoms with Gasteiger partial charge in [-0.25, -0.2) is 9.97 Å². The van der Waals surface area contributed by atoms with Gasteiger partial charge in [0.15, 0.2) is 5.82 Å². The van der Waals surface area contributed by atoms with Gasteiger partial charge in [-0.05, 0) is 51.9 Å². The zero-order chi connectivity index (χ0) is 15.7. The summed E-state index contributed by atoms with van der Waals surface area (Å²) in [6.07, 6.45) is 6.13. The number of rotatable bonds is 4. The molecule has 1 aromatic rings. The molecule has 1 unspecified atom stereocenters. The minimum absolute atomic E-state index is 0.0626. The lowest BCUT2D eigenvalue weighted by atomic mass is 9.70. The van der Waals surface area contributed by atoms with Gasteiger partial charge in [-0.15, -0.1) is 11.6 Å². The van der Waals surface area contributed by atoms with Crippen LogP contribution >= 0.6 is 11.6 Å². The minimum Gasteiger partial charge on any atom is -0.367 e. The SMILES string of the molecule is CCOC1(c2ncc(C(C)Cl)c(C)n2)CCC(C)(C)CC1. The number of hydrogen-bond acceptors (Lipinski definition) is 3. The topological polar surface area (TPSA) is 35.0 Å². The molecule has 1 saturated carbocycles. The maximum Gasteiger partial charge on any atom is 0.160 e. The van der Waals surface area contributed by atoms with E-state index in [0.717, 1.165) is 42.8 Å². The molecule has 2 rings (SSSR count). The molecule has 1 atom stereocenters. The van der Waals surface area contributed by atoms with Crippen LogP contribution < -0.4 is 0 Å². The average molecular weight is 311 g/mol. The van der Waals surface area contributed by atoms with Crippen molar-refractivity contribution in [2.75, 3.05) is 6.61 Å². The van der Waals surface area contributed by atoms with Crippen molar-refractivity contribution in [3.05, 3.63) is 23.3 Å². The fraction of sp³-hybridized carbons (Fsp3) is 0.765. The molecule has 1 aliphatic rings. The van der Waals surface area contributed by atoms with Gasteiger partial charge in [-0.3, -0.25) is 0 Å². The Morgan fingerprint density at radius 2 is 1.90 bits per heavy atom. The number of hydrogen-bond donors (Lipinski definition) is 0. The summed E-state index contributed by atoms with van der Waals surface area (Å²) >= 11 is 6.17. The van der Waals surface area contributed by atoms with E-state index in [1.54, 1.807) is 0 Å². The van der Waals surface area contributed by atoms with E-state index in [1.165, 1.54) is 0 Å². The number of alkyl halides is 1. The number of nitrogens with zero attached hydrogens (tertiary/aromatic N) is 2. The molecule has 1 aliphatic carbocycles. The Balaban J connectivity index is 2.33. The molecule has 0 radical (unpaired) electrons. The van der Waals surface area contributed by atoms with E-state index in [9.17, 15) is 0 Å². The summed E-state index contributed by atoms with van der Waals surface area (Å²) < 4.78 is 6.15. The summed E-state index contributed by atoms with van der Waals surface area (Å²) in [6.45, 7) is 11.3. The van der Waals surface area contributed by atoms with Crippen LogP contribution in [0.3, 0.4) is 0 Å². The molecule has 0 aromatic carbocycles. The summed E-state index contributed by atoms with van der Waals surface area (Å²) in [4.78, 5) is 9.34. The molecule has 3 nitrogen and oxygen atoms in total. The summed E-state index contributed by atoms with van der Waals surface area (Å²) in [5.74, 6) is 0.832. The average Bonchev–Trinajstić information content (AvgIpc) is 2.41. The summed E-state index contributed by atoms with van der Waals surface area (Å²) in [6, 6.07) is 0. The lowest BCUT2D eigenvalue weighted by Crippen LogP contribution is -2.39. The van der Waals surface area contributed by atoms with Crippen LogP contribution in [0.25, 0.3) is 0 Å². The smallest absolute Gasteiger partial charge is 0.160 e. The Labute approximate surface area is 133 Å². The van der Waals surface area contributed by atoms with Gasteiger partial charge in [-0.2, -0.15) is 0 Å². The van der Waals surface area contributed by atoms with Crippen LogP contribution in [0, 0.1) is 12.3 Å². The van der Waals surface area contributed by atoms with Gasteiger partial charge in [0.2, 0.25) is 0 Å². The number of aryl methyl sites for hydroxylation is 1. The third-order valence-electron chi connectivity index (χ3n) is 4.69. The van der Waals surface area contributed by atoms with Crippen molar-refractivity contribution >= 4 is 11.6 Å². The van der Waals surface area contributed by atoms with Crippen LogP contribution in [0.4, 0.5) is 0 Å². The van der Waals surface area contributed by atoms with E-state index in [0.29, 0.717) is 12.0 Å². The molecule has 1 aromatic heterocycles. The van der Waals surface area contributed by atoms with Crippen LogP contribution in [-0.4, -0.2) is 16.6 Å². The Bertz CT molecular complexity index is 490. The Hall–Kier alpha value is -0.670. The second-order valence-corrected chi connectivity index (χ2v) is 7.60. The van der Waals surface area contributed by atoms with E-state index in [-0.39, 0.29) is 11.0 Å². The third-order valence-corrected chi connectivity index (χ3v) is 4.92. The quantitative estimate of drug-likeness (QED) is 0.741. The molecule has 1 heterocycles. The molecule has 118 valence electrons. The van der Waals surface area contributed by atoms with Crippen molar-refractivity contribution in [2.24, 2.45) is 5.41 Å². The normalized spacial score (nSPS) is 22.0. The molecular formula is C17H27ClN2O. The van der Waals surface area contributed by atoms with Crippen LogP contribution in [-0.2, 0) is 10.3 Å². The Kier molecular flexibility index (Phi) is 4.94. The maximum atomic E-state index is 6.17. The first-order chi connectivity index (χ1) is 9.80. The van der Waals surface area contributed by atoms with E-state index < -0.39 is 0 Å². The van der Waals surface area contributed by atoms with Crippen molar-refractivity contribution in [2.45, 2.75) is 71.3 Å².